The summed E-state index contributed by atoms with van der Waals surface area (Å²) in [5.41, 5.74) is 2.13. The molecule has 3 unspecified atom stereocenters. The SMILES string of the molecule is C[C@@H]1CC(c2ccc(C#N)c3ccccc23)C[C@H](CC2CCCC(c3nccc(Cl)n3)CC2)O1. The first kappa shape index (κ1) is 23.3. The topological polar surface area (TPSA) is 58.8 Å². The molecule has 34 heavy (non-hydrogen) atoms. The summed E-state index contributed by atoms with van der Waals surface area (Å²) >= 11 is 6.11. The van der Waals surface area contributed by atoms with Crippen LogP contribution >= 0.6 is 11.6 Å². The Morgan fingerprint density at radius 3 is 2.68 bits per heavy atom. The molecule has 5 rings (SSSR count). The minimum absolute atomic E-state index is 0.247. The highest BCUT2D eigenvalue weighted by atomic mass is 35.5. The first-order chi connectivity index (χ1) is 16.6. The van der Waals surface area contributed by atoms with E-state index in [2.05, 4.69) is 47.2 Å². The van der Waals surface area contributed by atoms with Crippen molar-refractivity contribution in [3.8, 4) is 6.07 Å². The van der Waals surface area contributed by atoms with Gasteiger partial charge in [-0.05, 0) is 85.8 Å². The van der Waals surface area contributed by atoms with E-state index >= 15 is 0 Å². The summed E-state index contributed by atoms with van der Waals surface area (Å²) in [5.74, 6) is 2.46. The van der Waals surface area contributed by atoms with Gasteiger partial charge in [0, 0.05) is 12.1 Å². The summed E-state index contributed by atoms with van der Waals surface area (Å²) in [7, 11) is 0. The van der Waals surface area contributed by atoms with Crippen LogP contribution in [0.25, 0.3) is 10.8 Å². The van der Waals surface area contributed by atoms with Gasteiger partial charge in [0.2, 0.25) is 0 Å². The van der Waals surface area contributed by atoms with Crippen LogP contribution in [0.1, 0.15) is 87.1 Å². The lowest BCUT2D eigenvalue weighted by molar-refractivity contribution is -0.0589. The van der Waals surface area contributed by atoms with Gasteiger partial charge in [0.15, 0.2) is 0 Å². The molecule has 2 fully saturated rings. The van der Waals surface area contributed by atoms with Gasteiger partial charge in [-0.15, -0.1) is 0 Å². The molecule has 176 valence electrons. The number of hydrogen-bond acceptors (Lipinski definition) is 4. The first-order valence-corrected chi connectivity index (χ1v) is 13.0. The fraction of sp³-hybridized carbons (Fsp3) is 0.483. The molecular weight excluding hydrogens is 442 g/mol. The number of aromatic nitrogens is 2. The molecule has 0 N–H and O–H groups in total. The van der Waals surface area contributed by atoms with Crippen molar-refractivity contribution < 1.29 is 4.74 Å². The molecular formula is C29H32ClN3O. The van der Waals surface area contributed by atoms with Gasteiger partial charge in [-0.1, -0.05) is 54.8 Å². The number of ether oxygens (including phenoxy) is 1. The summed E-state index contributed by atoms with van der Waals surface area (Å²) in [6.07, 6.45) is 11.4. The normalized spacial score (nSPS) is 27.7. The van der Waals surface area contributed by atoms with E-state index in [1.807, 2.05) is 12.1 Å². The molecule has 4 nitrogen and oxygen atoms in total. The maximum absolute atomic E-state index is 9.55. The minimum Gasteiger partial charge on any atom is -0.375 e. The average Bonchev–Trinajstić information content (AvgIpc) is 3.08. The van der Waals surface area contributed by atoms with Gasteiger partial charge < -0.3 is 4.74 Å². The van der Waals surface area contributed by atoms with Crippen molar-refractivity contribution >= 4 is 22.4 Å². The second-order valence-electron chi connectivity index (χ2n) is 10.1. The highest BCUT2D eigenvalue weighted by Crippen LogP contribution is 2.41. The molecule has 2 heterocycles. The van der Waals surface area contributed by atoms with Crippen LogP contribution in [-0.2, 0) is 4.74 Å². The van der Waals surface area contributed by atoms with E-state index in [0.717, 1.165) is 48.9 Å². The fourth-order valence-electron chi connectivity index (χ4n) is 6.23. The fourth-order valence-corrected chi connectivity index (χ4v) is 6.37. The molecule has 1 saturated carbocycles. The number of rotatable bonds is 4. The van der Waals surface area contributed by atoms with E-state index < -0.39 is 0 Å². The van der Waals surface area contributed by atoms with E-state index in [4.69, 9.17) is 16.3 Å². The number of benzene rings is 2. The third-order valence-corrected chi connectivity index (χ3v) is 8.01. The smallest absolute Gasteiger partial charge is 0.133 e. The summed E-state index contributed by atoms with van der Waals surface area (Å²) in [6.45, 7) is 2.21. The second kappa shape index (κ2) is 10.4. The van der Waals surface area contributed by atoms with E-state index in [1.165, 1.54) is 30.2 Å². The predicted molar refractivity (Wildman–Crippen MR) is 136 cm³/mol. The van der Waals surface area contributed by atoms with Crippen molar-refractivity contribution in [1.82, 2.24) is 9.97 Å². The van der Waals surface area contributed by atoms with Crippen LogP contribution in [-0.4, -0.2) is 22.2 Å². The van der Waals surface area contributed by atoms with Crippen LogP contribution in [0.5, 0.6) is 0 Å². The molecule has 0 spiro atoms. The van der Waals surface area contributed by atoms with E-state index in [9.17, 15) is 5.26 Å². The van der Waals surface area contributed by atoms with Crippen LogP contribution in [0.15, 0.2) is 48.7 Å². The second-order valence-corrected chi connectivity index (χ2v) is 10.5. The van der Waals surface area contributed by atoms with E-state index in [0.29, 0.717) is 22.9 Å². The van der Waals surface area contributed by atoms with E-state index in [1.54, 1.807) is 12.3 Å². The van der Waals surface area contributed by atoms with Gasteiger partial charge in [0.25, 0.3) is 0 Å². The zero-order valence-electron chi connectivity index (χ0n) is 19.8. The molecule has 3 aromatic rings. The maximum atomic E-state index is 9.55. The molecule has 2 aliphatic rings. The minimum atomic E-state index is 0.247. The van der Waals surface area contributed by atoms with Gasteiger partial charge in [-0.3, -0.25) is 0 Å². The highest BCUT2D eigenvalue weighted by Gasteiger charge is 2.32. The lowest BCUT2D eigenvalue weighted by atomic mass is 9.80. The van der Waals surface area contributed by atoms with Crippen LogP contribution in [0.3, 0.4) is 0 Å². The Hall–Kier alpha value is -2.48. The summed E-state index contributed by atoms with van der Waals surface area (Å²) in [5, 5.41) is 12.4. The Kier molecular flexibility index (Phi) is 7.13. The van der Waals surface area contributed by atoms with Crippen LogP contribution in [0, 0.1) is 17.2 Å². The number of nitrogens with zero attached hydrogens (tertiary/aromatic N) is 3. The number of fused-ring (bicyclic) bond motifs is 1. The molecule has 2 aromatic carbocycles. The Morgan fingerprint density at radius 2 is 1.85 bits per heavy atom. The van der Waals surface area contributed by atoms with Crippen LogP contribution in [0.4, 0.5) is 0 Å². The van der Waals surface area contributed by atoms with Gasteiger partial charge in [0.1, 0.15) is 11.0 Å². The lowest BCUT2D eigenvalue weighted by Gasteiger charge is -2.36. The van der Waals surface area contributed by atoms with Crippen LogP contribution < -0.4 is 0 Å². The van der Waals surface area contributed by atoms with Crippen molar-refractivity contribution in [2.24, 2.45) is 5.92 Å². The average molecular weight is 474 g/mol. The third kappa shape index (κ3) is 5.11. The number of nitriles is 1. The molecule has 5 atom stereocenters. The summed E-state index contributed by atoms with van der Waals surface area (Å²) in [4.78, 5) is 8.98. The Bertz CT molecular complexity index is 1190. The van der Waals surface area contributed by atoms with Crippen molar-refractivity contribution in [3.05, 3.63) is 70.8 Å². The standard InChI is InChI=1S/C29H32ClN3O/c1-19-15-23(26-12-11-22(18-31)25-7-2-3-8-27(25)26)17-24(34-19)16-20-5-4-6-21(10-9-20)29-32-14-13-28(30)33-29/h2-3,7-8,11-14,19-21,23-24H,4-6,9-10,15-17H2,1H3/t19-,20?,21?,23?,24+/m1/s1. The first-order valence-electron chi connectivity index (χ1n) is 12.7. The molecule has 1 aliphatic carbocycles. The Labute approximate surface area is 207 Å². The number of hydrogen-bond donors (Lipinski definition) is 0. The van der Waals surface area contributed by atoms with Gasteiger partial charge >= 0.3 is 0 Å². The zero-order valence-corrected chi connectivity index (χ0v) is 20.5. The largest absolute Gasteiger partial charge is 0.375 e. The Morgan fingerprint density at radius 1 is 1.00 bits per heavy atom. The van der Waals surface area contributed by atoms with Gasteiger partial charge in [-0.2, -0.15) is 5.26 Å². The summed E-state index contributed by atoms with van der Waals surface area (Å²) in [6, 6.07) is 16.6. The molecule has 0 bridgehead atoms. The zero-order chi connectivity index (χ0) is 23.5. The number of halogens is 1. The molecule has 0 radical (unpaired) electrons. The van der Waals surface area contributed by atoms with Crippen molar-refractivity contribution in [2.75, 3.05) is 0 Å². The molecule has 1 aliphatic heterocycles. The van der Waals surface area contributed by atoms with E-state index in [-0.39, 0.29) is 12.2 Å². The van der Waals surface area contributed by atoms with Gasteiger partial charge in [-0.25, -0.2) is 9.97 Å². The summed E-state index contributed by atoms with van der Waals surface area (Å²) < 4.78 is 6.47. The monoisotopic (exact) mass is 473 g/mol. The highest BCUT2D eigenvalue weighted by molar-refractivity contribution is 6.29. The van der Waals surface area contributed by atoms with Gasteiger partial charge in [0.05, 0.1) is 23.8 Å². The molecule has 5 heteroatoms. The van der Waals surface area contributed by atoms with Crippen molar-refractivity contribution in [3.63, 3.8) is 0 Å². The lowest BCUT2D eigenvalue weighted by Crippen LogP contribution is -2.32. The Balaban J connectivity index is 1.28. The maximum Gasteiger partial charge on any atom is 0.133 e. The quantitative estimate of drug-likeness (QED) is 0.289. The van der Waals surface area contributed by atoms with Crippen molar-refractivity contribution in [2.45, 2.75) is 82.3 Å². The van der Waals surface area contributed by atoms with Crippen molar-refractivity contribution in [1.29, 1.82) is 5.26 Å². The van der Waals surface area contributed by atoms with Crippen LogP contribution in [0.2, 0.25) is 5.15 Å². The molecule has 0 amide bonds. The third-order valence-electron chi connectivity index (χ3n) is 7.80. The molecule has 1 saturated heterocycles. The predicted octanol–water partition coefficient (Wildman–Crippen LogP) is 7.56. The molecule has 1 aromatic heterocycles.